The Balaban J connectivity index is 4.05. The van der Waals surface area contributed by atoms with Crippen LogP contribution in [-0.2, 0) is 9.47 Å². The summed E-state index contributed by atoms with van der Waals surface area (Å²) in [5.41, 5.74) is 0. The highest BCUT2D eigenvalue weighted by Crippen LogP contribution is 2.15. The fraction of sp³-hybridized carbons (Fsp3) is 1.00. The number of alkyl halides is 1. The number of methoxy groups -OCH3 is 2. The summed E-state index contributed by atoms with van der Waals surface area (Å²) in [6.45, 7) is 9.45. The van der Waals surface area contributed by atoms with Gasteiger partial charge in [-0.15, -0.1) is 0 Å². The lowest BCUT2D eigenvalue weighted by molar-refractivity contribution is 0.119. The second-order valence-electron chi connectivity index (χ2n) is 4.80. The molecule has 0 fully saturated rings. The molecule has 0 spiro atoms. The van der Waals surface area contributed by atoms with E-state index < -0.39 is 0 Å². The van der Waals surface area contributed by atoms with E-state index in [1.807, 2.05) is 0 Å². The smallest absolute Gasteiger partial charge is 0.0589 e. The summed E-state index contributed by atoms with van der Waals surface area (Å²) >= 11 is 3.61. The lowest BCUT2D eigenvalue weighted by Gasteiger charge is -2.28. The molecule has 1 atom stereocenters. The first-order valence-corrected chi connectivity index (χ1v) is 7.54. The fourth-order valence-corrected chi connectivity index (χ4v) is 2.67. The zero-order chi connectivity index (χ0) is 13.1. The lowest BCUT2D eigenvalue weighted by atomic mass is 9.97. The molecule has 0 N–H and O–H groups in total. The van der Waals surface area contributed by atoms with Crippen LogP contribution in [-0.4, -0.2) is 57.3 Å². The van der Waals surface area contributed by atoms with E-state index in [0.29, 0.717) is 11.8 Å². The standard InChI is InChI=1S/C13H28BrNO2/c1-12(2)13(10-14)11-15(7-9-17-4)6-5-8-16-3/h12-13H,5-11H2,1-4H3. The van der Waals surface area contributed by atoms with Gasteiger partial charge in [0.2, 0.25) is 0 Å². The normalized spacial score (nSPS) is 13.6. The van der Waals surface area contributed by atoms with Crippen molar-refractivity contribution >= 4 is 15.9 Å². The van der Waals surface area contributed by atoms with Crippen molar-refractivity contribution < 1.29 is 9.47 Å². The van der Waals surface area contributed by atoms with Crippen LogP contribution >= 0.6 is 15.9 Å². The zero-order valence-corrected chi connectivity index (χ0v) is 13.3. The van der Waals surface area contributed by atoms with Gasteiger partial charge in [-0.25, -0.2) is 0 Å². The summed E-state index contributed by atoms with van der Waals surface area (Å²) < 4.78 is 10.3. The first kappa shape index (κ1) is 17.4. The predicted molar refractivity (Wildman–Crippen MR) is 76.9 cm³/mol. The van der Waals surface area contributed by atoms with Crippen LogP contribution in [0.1, 0.15) is 20.3 Å². The number of hydrogen-bond donors (Lipinski definition) is 0. The second kappa shape index (κ2) is 11.5. The van der Waals surface area contributed by atoms with Crippen molar-refractivity contribution in [2.75, 3.05) is 52.4 Å². The SMILES string of the molecule is COCCCN(CCOC)CC(CBr)C(C)C. The number of rotatable bonds is 11. The maximum atomic E-state index is 5.17. The van der Waals surface area contributed by atoms with Gasteiger partial charge < -0.3 is 14.4 Å². The minimum atomic E-state index is 0.703. The quantitative estimate of drug-likeness (QED) is 0.432. The molecular weight excluding hydrogens is 282 g/mol. The molecule has 0 saturated carbocycles. The van der Waals surface area contributed by atoms with Gasteiger partial charge in [-0.2, -0.15) is 0 Å². The molecule has 0 aromatic heterocycles. The summed E-state index contributed by atoms with van der Waals surface area (Å²) in [7, 11) is 3.52. The topological polar surface area (TPSA) is 21.7 Å². The van der Waals surface area contributed by atoms with Crippen LogP contribution in [0.2, 0.25) is 0 Å². The number of nitrogens with zero attached hydrogens (tertiary/aromatic N) is 1. The largest absolute Gasteiger partial charge is 0.385 e. The Hall–Kier alpha value is 0.360. The summed E-state index contributed by atoms with van der Waals surface area (Å²) in [6, 6.07) is 0. The molecule has 0 heterocycles. The second-order valence-corrected chi connectivity index (χ2v) is 5.45. The van der Waals surface area contributed by atoms with Crippen molar-refractivity contribution in [2.24, 2.45) is 11.8 Å². The Morgan fingerprint density at radius 3 is 2.18 bits per heavy atom. The van der Waals surface area contributed by atoms with E-state index >= 15 is 0 Å². The molecule has 0 rings (SSSR count). The maximum absolute atomic E-state index is 5.17. The van der Waals surface area contributed by atoms with Crippen molar-refractivity contribution in [3.8, 4) is 0 Å². The van der Waals surface area contributed by atoms with Gasteiger partial charge in [-0.1, -0.05) is 29.8 Å². The molecule has 0 aliphatic rings. The zero-order valence-electron chi connectivity index (χ0n) is 11.7. The van der Waals surface area contributed by atoms with E-state index in [0.717, 1.165) is 44.6 Å². The van der Waals surface area contributed by atoms with Crippen LogP contribution in [0.25, 0.3) is 0 Å². The molecule has 17 heavy (non-hydrogen) atoms. The monoisotopic (exact) mass is 309 g/mol. The van der Waals surface area contributed by atoms with E-state index in [1.165, 1.54) is 0 Å². The minimum absolute atomic E-state index is 0.703. The van der Waals surface area contributed by atoms with Gasteiger partial charge in [-0.3, -0.25) is 0 Å². The Morgan fingerprint density at radius 2 is 1.71 bits per heavy atom. The molecule has 4 heteroatoms. The van der Waals surface area contributed by atoms with Crippen molar-refractivity contribution in [1.82, 2.24) is 4.90 Å². The molecule has 104 valence electrons. The van der Waals surface area contributed by atoms with Crippen LogP contribution in [0, 0.1) is 11.8 Å². The van der Waals surface area contributed by atoms with Crippen molar-refractivity contribution in [2.45, 2.75) is 20.3 Å². The number of hydrogen-bond acceptors (Lipinski definition) is 3. The molecule has 0 radical (unpaired) electrons. The third-order valence-electron chi connectivity index (χ3n) is 3.07. The van der Waals surface area contributed by atoms with Gasteiger partial charge in [0.05, 0.1) is 6.61 Å². The fourth-order valence-electron chi connectivity index (χ4n) is 1.72. The van der Waals surface area contributed by atoms with E-state index in [1.54, 1.807) is 14.2 Å². The van der Waals surface area contributed by atoms with E-state index in [4.69, 9.17) is 9.47 Å². The van der Waals surface area contributed by atoms with Crippen LogP contribution in [0.15, 0.2) is 0 Å². The van der Waals surface area contributed by atoms with E-state index in [-0.39, 0.29) is 0 Å². The van der Waals surface area contributed by atoms with Crippen LogP contribution < -0.4 is 0 Å². The Morgan fingerprint density at radius 1 is 1.06 bits per heavy atom. The van der Waals surface area contributed by atoms with E-state index in [2.05, 4.69) is 34.7 Å². The summed E-state index contributed by atoms with van der Waals surface area (Å²) in [5.74, 6) is 1.41. The van der Waals surface area contributed by atoms with Gasteiger partial charge >= 0.3 is 0 Å². The Kier molecular flexibility index (Phi) is 11.7. The van der Waals surface area contributed by atoms with Crippen molar-refractivity contribution in [3.05, 3.63) is 0 Å². The van der Waals surface area contributed by atoms with Gasteiger partial charge in [0.1, 0.15) is 0 Å². The summed E-state index contributed by atoms with van der Waals surface area (Å²) in [6.07, 6.45) is 1.09. The molecule has 3 nitrogen and oxygen atoms in total. The van der Waals surface area contributed by atoms with Gasteiger partial charge in [0, 0.05) is 45.8 Å². The maximum Gasteiger partial charge on any atom is 0.0589 e. The highest BCUT2D eigenvalue weighted by molar-refractivity contribution is 9.09. The average Bonchev–Trinajstić information content (AvgIpc) is 2.31. The van der Waals surface area contributed by atoms with Crippen molar-refractivity contribution in [1.29, 1.82) is 0 Å². The Labute approximate surface area is 115 Å². The van der Waals surface area contributed by atoms with Gasteiger partial charge in [0.25, 0.3) is 0 Å². The minimum Gasteiger partial charge on any atom is -0.385 e. The third-order valence-corrected chi connectivity index (χ3v) is 3.90. The average molecular weight is 310 g/mol. The van der Waals surface area contributed by atoms with E-state index in [9.17, 15) is 0 Å². The summed E-state index contributed by atoms with van der Waals surface area (Å²) in [4.78, 5) is 2.48. The number of ether oxygens (including phenoxy) is 2. The van der Waals surface area contributed by atoms with Crippen LogP contribution in [0.4, 0.5) is 0 Å². The first-order chi connectivity index (χ1) is 8.15. The Bertz CT molecular complexity index is 167. The molecule has 1 unspecified atom stereocenters. The molecule has 0 aliphatic heterocycles. The molecule has 0 aliphatic carbocycles. The number of halogens is 1. The predicted octanol–water partition coefficient (Wildman–Crippen LogP) is 2.64. The van der Waals surface area contributed by atoms with Gasteiger partial charge in [-0.05, 0) is 18.3 Å². The summed E-state index contributed by atoms with van der Waals surface area (Å²) in [5, 5.41) is 1.07. The van der Waals surface area contributed by atoms with Crippen LogP contribution in [0.3, 0.4) is 0 Å². The molecule has 0 bridgehead atoms. The molecule has 0 aromatic rings. The molecule has 0 amide bonds. The molecule has 0 aromatic carbocycles. The van der Waals surface area contributed by atoms with Gasteiger partial charge in [0.15, 0.2) is 0 Å². The van der Waals surface area contributed by atoms with Crippen LogP contribution in [0.5, 0.6) is 0 Å². The highest BCUT2D eigenvalue weighted by atomic mass is 79.9. The third kappa shape index (κ3) is 9.00. The lowest BCUT2D eigenvalue weighted by Crippen LogP contribution is -2.36. The molecule has 0 saturated heterocycles. The molecular formula is C13H28BrNO2. The first-order valence-electron chi connectivity index (χ1n) is 6.41. The van der Waals surface area contributed by atoms with Crippen molar-refractivity contribution in [3.63, 3.8) is 0 Å². The highest BCUT2D eigenvalue weighted by Gasteiger charge is 2.16.